The highest BCUT2D eigenvalue weighted by Gasteiger charge is 2.14. The van der Waals surface area contributed by atoms with Crippen molar-refractivity contribution in [2.24, 2.45) is 0 Å². The van der Waals surface area contributed by atoms with Gasteiger partial charge in [0.2, 0.25) is 5.16 Å². The Labute approximate surface area is 183 Å². The number of halogens is 1. The lowest BCUT2D eigenvalue weighted by Gasteiger charge is -2.05. The van der Waals surface area contributed by atoms with Gasteiger partial charge in [0.25, 0.3) is 5.56 Å². The van der Waals surface area contributed by atoms with E-state index >= 15 is 0 Å². The molecule has 7 nitrogen and oxygen atoms in total. The van der Waals surface area contributed by atoms with Crippen LogP contribution in [0.5, 0.6) is 0 Å². The molecule has 3 heterocycles. The monoisotopic (exact) mass is 452 g/mol. The Bertz CT molecular complexity index is 1380. The average molecular weight is 453 g/mol. The molecular weight excluding hydrogens is 440 g/mol. The van der Waals surface area contributed by atoms with Gasteiger partial charge >= 0.3 is 0 Å². The first kappa shape index (κ1) is 19.0. The summed E-state index contributed by atoms with van der Waals surface area (Å²) in [5, 5.41) is 15.7. The van der Waals surface area contributed by atoms with E-state index in [0.29, 0.717) is 32.0 Å². The van der Waals surface area contributed by atoms with Crippen LogP contribution in [0, 0.1) is 0 Å². The van der Waals surface area contributed by atoms with Gasteiger partial charge in [0.1, 0.15) is 10.7 Å². The Morgan fingerprint density at radius 1 is 1.10 bits per heavy atom. The minimum absolute atomic E-state index is 0.145. The van der Waals surface area contributed by atoms with Crippen molar-refractivity contribution in [2.75, 3.05) is 0 Å². The van der Waals surface area contributed by atoms with Crippen LogP contribution in [-0.2, 0) is 5.75 Å². The summed E-state index contributed by atoms with van der Waals surface area (Å²) in [5.74, 6) is 1.00. The van der Waals surface area contributed by atoms with Crippen LogP contribution in [0.15, 0.2) is 69.9 Å². The Morgan fingerprint density at radius 2 is 1.90 bits per heavy atom. The van der Waals surface area contributed by atoms with Crippen molar-refractivity contribution in [1.82, 2.24) is 30.2 Å². The zero-order valence-electron chi connectivity index (χ0n) is 15.3. The number of thiophene rings is 1. The molecule has 2 aromatic carbocycles. The number of benzene rings is 2. The molecule has 0 aliphatic carbocycles. The molecule has 0 aliphatic rings. The van der Waals surface area contributed by atoms with Gasteiger partial charge in [0.15, 0.2) is 0 Å². The summed E-state index contributed by atoms with van der Waals surface area (Å²) in [7, 11) is 0. The maximum atomic E-state index is 12.8. The van der Waals surface area contributed by atoms with E-state index < -0.39 is 0 Å². The molecule has 3 aromatic heterocycles. The number of H-pyrrole nitrogens is 1. The maximum absolute atomic E-state index is 12.8. The lowest BCUT2D eigenvalue weighted by atomic mass is 10.1. The van der Waals surface area contributed by atoms with Gasteiger partial charge in [-0.1, -0.05) is 53.7 Å². The SMILES string of the molecule is O=c1[nH]c(CSc2nnnn2-c2ccc(Cl)cc2)nc2scc(-c3ccccc3)c12. The second-order valence-corrected chi connectivity index (χ2v) is 8.58. The van der Waals surface area contributed by atoms with Crippen LogP contribution in [0.3, 0.4) is 0 Å². The van der Waals surface area contributed by atoms with Gasteiger partial charge in [-0.15, -0.1) is 16.4 Å². The smallest absolute Gasteiger partial charge is 0.260 e. The fourth-order valence-corrected chi connectivity index (χ4v) is 4.89. The summed E-state index contributed by atoms with van der Waals surface area (Å²) in [6, 6.07) is 17.1. The van der Waals surface area contributed by atoms with Gasteiger partial charge in [-0.05, 0) is 40.3 Å². The Kier molecular flexibility index (Phi) is 5.07. The van der Waals surface area contributed by atoms with Gasteiger partial charge < -0.3 is 4.98 Å². The largest absolute Gasteiger partial charge is 0.309 e. The van der Waals surface area contributed by atoms with Crippen LogP contribution in [0.25, 0.3) is 27.0 Å². The molecule has 10 heteroatoms. The van der Waals surface area contributed by atoms with Gasteiger partial charge in [-0.25, -0.2) is 4.98 Å². The summed E-state index contributed by atoms with van der Waals surface area (Å²) in [5.41, 5.74) is 2.55. The van der Waals surface area contributed by atoms with Crippen LogP contribution >= 0.6 is 34.7 Å². The van der Waals surface area contributed by atoms with E-state index in [2.05, 4.69) is 25.5 Å². The summed E-state index contributed by atoms with van der Waals surface area (Å²) >= 11 is 8.81. The molecule has 0 unspecified atom stereocenters. The van der Waals surface area contributed by atoms with Gasteiger partial charge in [-0.3, -0.25) is 4.79 Å². The van der Waals surface area contributed by atoms with E-state index in [9.17, 15) is 4.79 Å². The highest BCUT2D eigenvalue weighted by molar-refractivity contribution is 7.98. The quantitative estimate of drug-likeness (QED) is 0.393. The second-order valence-electron chi connectivity index (χ2n) is 6.35. The molecule has 0 saturated heterocycles. The van der Waals surface area contributed by atoms with Crippen LogP contribution < -0.4 is 5.56 Å². The van der Waals surface area contributed by atoms with E-state index in [1.165, 1.54) is 23.1 Å². The molecule has 30 heavy (non-hydrogen) atoms. The topological polar surface area (TPSA) is 89.4 Å². The number of hydrogen-bond acceptors (Lipinski definition) is 7. The number of thioether (sulfide) groups is 1. The third-order valence-corrected chi connectivity index (χ3v) is 6.48. The molecule has 5 aromatic rings. The van der Waals surface area contributed by atoms with Crippen molar-refractivity contribution in [1.29, 1.82) is 0 Å². The first-order valence-electron chi connectivity index (χ1n) is 8.92. The number of aromatic nitrogens is 6. The molecule has 0 aliphatic heterocycles. The third-order valence-electron chi connectivity index (χ3n) is 4.43. The summed E-state index contributed by atoms with van der Waals surface area (Å²) in [6.07, 6.45) is 0. The fraction of sp³-hybridized carbons (Fsp3) is 0.0500. The molecule has 0 saturated carbocycles. The van der Waals surface area contributed by atoms with Crippen molar-refractivity contribution < 1.29 is 0 Å². The molecule has 0 radical (unpaired) electrons. The predicted molar refractivity (Wildman–Crippen MR) is 119 cm³/mol. The maximum Gasteiger partial charge on any atom is 0.260 e. The molecule has 148 valence electrons. The van der Waals surface area contributed by atoms with E-state index in [1.54, 1.807) is 16.8 Å². The number of fused-ring (bicyclic) bond motifs is 1. The number of hydrogen-bond donors (Lipinski definition) is 1. The van der Waals surface area contributed by atoms with Crippen LogP contribution in [0.4, 0.5) is 0 Å². The highest BCUT2D eigenvalue weighted by Crippen LogP contribution is 2.31. The molecular formula is C20H13ClN6OS2. The Morgan fingerprint density at radius 3 is 2.70 bits per heavy atom. The van der Waals surface area contributed by atoms with E-state index in [0.717, 1.165) is 16.8 Å². The molecule has 0 amide bonds. The normalized spacial score (nSPS) is 11.2. The lowest BCUT2D eigenvalue weighted by Crippen LogP contribution is -2.11. The standard InChI is InChI=1S/C20H13ClN6OS2/c21-13-6-8-14(9-7-13)27-20(24-25-26-27)30-11-16-22-18(28)17-15(10-29-19(17)23-16)12-4-2-1-3-5-12/h1-10H,11H2,(H,22,23,28). The Hall–Kier alpha value is -3.01. The van der Waals surface area contributed by atoms with E-state index in [-0.39, 0.29) is 5.56 Å². The van der Waals surface area contributed by atoms with Crippen LogP contribution in [0.2, 0.25) is 5.02 Å². The van der Waals surface area contributed by atoms with Crippen molar-refractivity contribution in [3.8, 4) is 16.8 Å². The summed E-state index contributed by atoms with van der Waals surface area (Å²) in [4.78, 5) is 21.0. The number of aromatic amines is 1. The van der Waals surface area contributed by atoms with Crippen molar-refractivity contribution in [2.45, 2.75) is 10.9 Å². The number of tetrazole rings is 1. The van der Waals surface area contributed by atoms with Crippen LogP contribution in [0.1, 0.15) is 5.82 Å². The van der Waals surface area contributed by atoms with Gasteiger partial charge in [0, 0.05) is 16.0 Å². The molecule has 5 rings (SSSR count). The zero-order chi connectivity index (χ0) is 20.5. The third kappa shape index (κ3) is 3.62. The lowest BCUT2D eigenvalue weighted by molar-refractivity contribution is 0.756. The Balaban J connectivity index is 1.42. The average Bonchev–Trinajstić information content (AvgIpc) is 3.41. The van der Waals surface area contributed by atoms with Crippen molar-refractivity contribution >= 4 is 44.9 Å². The number of nitrogens with one attached hydrogen (secondary N) is 1. The molecule has 0 fully saturated rings. The first-order chi connectivity index (χ1) is 14.7. The zero-order valence-corrected chi connectivity index (χ0v) is 17.7. The molecule has 1 N–H and O–H groups in total. The van der Waals surface area contributed by atoms with Gasteiger partial charge in [0.05, 0.1) is 16.8 Å². The second kappa shape index (κ2) is 8.02. The molecule has 0 bridgehead atoms. The number of nitrogens with zero attached hydrogens (tertiary/aromatic N) is 5. The minimum atomic E-state index is -0.145. The number of rotatable bonds is 5. The van der Waals surface area contributed by atoms with Crippen molar-refractivity contribution in [3.05, 3.63) is 81.2 Å². The first-order valence-corrected chi connectivity index (χ1v) is 11.2. The van der Waals surface area contributed by atoms with E-state index in [1.807, 2.05) is 47.8 Å². The molecule has 0 atom stereocenters. The van der Waals surface area contributed by atoms with E-state index in [4.69, 9.17) is 11.6 Å². The van der Waals surface area contributed by atoms with Gasteiger partial charge in [-0.2, -0.15) is 4.68 Å². The minimum Gasteiger partial charge on any atom is -0.309 e. The molecule has 0 spiro atoms. The van der Waals surface area contributed by atoms with Crippen molar-refractivity contribution in [3.63, 3.8) is 0 Å². The highest BCUT2D eigenvalue weighted by atomic mass is 35.5. The predicted octanol–water partition coefficient (Wildman–Crippen LogP) is 4.57. The van der Waals surface area contributed by atoms with Crippen LogP contribution in [-0.4, -0.2) is 30.2 Å². The fourth-order valence-electron chi connectivity index (χ4n) is 3.04. The summed E-state index contributed by atoms with van der Waals surface area (Å²) in [6.45, 7) is 0. The summed E-state index contributed by atoms with van der Waals surface area (Å²) < 4.78 is 1.62.